The lowest BCUT2D eigenvalue weighted by Gasteiger charge is -1.97. The van der Waals surface area contributed by atoms with Crippen molar-refractivity contribution < 1.29 is 14.3 Å². The largest absolute Gasteiger partial charge is 0.367 e. The Balaban J connectivity index is 2.01. The highest BCUT2D eigenvalue weighted by Crippen LogP contribution is 2.51. The van der Waals surface area contributed by atoms with Crippen molar-refractivity contribution in [2.45, 2.75) is 44.2 Å². The summed E-state index contributed by atoms with van der Waals surface area (Å²) >= 11 is 0. The van der Waals surface area contributed by atoms with Crippen LogP contribution in [-0.4, -0.2) is 29.3 Å². The number of epoxide rings is 2. The van der Waals surface area contributed by atoms with Crippen LogP contribution in [-0.2, 0) is 14.3 Å². The average Bonchev–Trinajstić information content (AvgIpc) is 2.72. The Labute approximate surface area is 71.0 Å². The summed E-state index contributed by atoms with van der Waals surface area (Å²) in [5.41, 5.74) is 4.24. The average molecular weight is 171 g/mol. The Morgan fingerprint density at radius 3 is 2.00 bits per heavy atom. The second kappa shape index (κ2) is 1.83. The van der Waals surface area contributed by atoms with Gasteiger partial charge in [0.15, 0.2) is 5.60 Å². The Morgan fingerprint density at radius 1 is 1.25 bits per heavy atom. The molecule has 2 heterocycles. The van der Waals surface area contributed by atoms with Crippen molar-refractivity contribution in [3.63, 3.8) is 0 Å². The van der Waals surface area contributed by atoms with E-state index in [0.29, 0.717) is 0 Å². The molecule has 0 aromatic rings. The summed E-state index contributed by atoms with van der Waals surface area (Å²) in [6.07, 6.45) is -0.0972. The topological polar surface area (TPSA) is 68.2 Å². The van der Waals surface area contributed by atoms with E-state index in [0.717, 1.165) is 0 Å². The molecule has 4 nitrogen and oxygen atoms in total. The van der Waals surface area contributed by atoms with Gasteiger partial charge in [-0.25, -0.2) is 0 Å². The quantitative estimate of drug-likeness (QED) is 0.585. The number of amides is 1. The first-order valence-electron chi connectivity index (χ1n) is 4.03. The van der Waals surface area contributed by atoms with E-state index < -0.39 is 11.5 Å². The maximum Gasteiger partial charge on any atom is 0.252 e. The van der Waals surface area contributed by atoms with Crippen LogP contribution in [0.25, 0.3) is 0 Å². The normalized spacial score (nSPS) is 48.6. The molecule has 0 aromatic carbocycles. The van der Waals surface area contributed by atoms with Crippen molar-refractivity contribution in [1.29, 1.82) is 0 Å². The van der Waals surface area contributed by atoms with Gasteiger partial charge in [-0.05, 0) is 20.8 Å². The summed E-state index contributed by atoms with van der Waals surface area (Å²) in [5, 5.41) is 0. The molecular weight excluding hydrogens is 158 g/mol. The molecule has 0 bridgehead atoms. The minimum atomic E-state index is -0.779. The van der Waals surface area contributed by atoms with E-state index in [1.807, 2.05) is 13.8 Å². The number of carbonyl (C=O) groups is 1. The summed E-state index contributed by atoms with van der Waals surface area (Å²) in [4.78, 5) is 10.9. The number of nitrogens with two attached hydrogens (primary N) is 1. The van der Waals surface area contributed by atoms with E-state index in [-0.39, 0.29) is 17.8 Å². The van der Waals surface area contributed by atoms with Crippen LogP contribution in [0.3, 0.4) is 0 Å². The molecule has 1 amide bonds. The molecule has 68 valence electrons. The molecule has 2 N–H and O–H groups in total. The number of carbonyl (C=O) groups excluding carboxylic acids is 1. The molecule has 12 heavy (non-hydrogen) atoms. The van der Waals surface area contributed by atoms with Crippen LogP contribution >= 0.6 is 0 Å². The van der Waals surface area contributed by atoms with Crippen LogP contribution in [0.4, 0.5) is 0 Å². The first-order chi connectivity index (χ1) is 5.38. The van der Waals surface area contributed by atoms with Gasteiger partial charge in [-0.1, -0.05) is 0 Å². The van der Waals surface area contributed by atoms with Crippen LogP contribution in [0.5, 0.6) is 0 Å². The lowest BCUT2D eigenvalue weighted by molar-refractivity contribution is -0.122. The summed E-state index contributed by atoms with van der Waals surface area (Å²) in [5.74, 6) is -0.404. The van der Waals surface area contributed by atoms with Crippen molar-refractivity contribution in [3.05, 3.63) is 0 Å². The molecule has 3 atom stereocenters. The highest BCUT2D eigenvalue weighted by molar-refractivity contribution is 5.86. The molecule has 0 saturated carbocycles. The second-order valence-corrected chi connectivity index (χ2v) is 4.15. The third kappa shape index (κ3) is 0.881. The fourth-order valence-electron chi connectivity index (χ4n) is 1.50. The third-order valence-corrected chi connectivity index (χ3v) is 2.68. The Hall–Kier alpha value is -0.610. The number of primary amides is 1. The van der Waals surface area contributed by atoms with Crippen molar-refractivity contribution >= 4 is 5.91 Å². The zero-order valence-electron chi connectivity index (χ0n) is 7.46. The molecule has 2 saturated heterocycles. The molecule has 4 heteroatoms. The molecule has 2 fully saturated rings. The first-order valence-corrected chi connectivity index (χ1v) is 4.03. The first kappa shape index (κ1) is 8.01. The summed E-state index contributed by atoms with van der Waals surface area (Å²) in [7, 11) is 0. The SMILES string of the molecule is CC1(C)OC1C1OC1(C)C(N)=O. The molecular formula is C8H13NO3. The fraction of sp³-hybridized carbons (Fsp3) is 0.875. The standard InChI is InChI=1S/C8H13NO3/c1-7(2)4(11-7)5-8(3,12-5)6(9)10/h4-5H,1-3H3,(H2,9,10). The van der Waals surface area contributed by atoms with Crippen molar-refractivity contribution in [2.75, 3.05) is 0 Å². The number of rotatable bonds is 2. The molecule has 0 aliphatic carbocycles. The highest BCUT2D eigenvalue weighted by atomic mass is 16.7. The van der Waals surface area contributed by atoms with E-state index in [1.54, 1.807) is 6.92 Å². The third-order valence-electron chi connectivity index (χ3n) is 2.68. The summed E-state index contributed by atoms with van der Waals surface area (Å²) in [6, 6.07) is 0. The predicted octanol–water partition coefficient (Wildman–Crippen LogP) is -0.193. The lowest BCUT2D eigenvalue weighted by atomic mass is 9.99. The van der Waals surface area contributed by atoms with Crippen LogP contribution in [0, 0.1) is 0 Å². The van der Waals surface area contributed by atoms with Gasteiger partial charge in [-0.15, -0.1) is 0 Å². The Bertz CT molecular complexity index is 251. The van der Waals surface area contributed by atoms with Gasteiger partial charge in [0.2, 0.25) is 0 Å². The molecule has 0 aromatic heterocycles. The van der Waals surface area contributed by atoms with Gasteiger partial charge in [0.25, 0.3) is 5.91 Å². The monoisotopic (exact) mass is 171 g/mol. The molecule has 0 spiro atoms. The molecule has 2 aliphatic heterocycles. The van der Waals surface area contributed by atoms with E-state index in [1.165, 1.54) is 0 Å². The van der Waals surface area contributed by atoms with Gasteiger partial charge >= 0.3 is 0 Å². The molecule has 2 rings (SSSR count). The lowest BCUT2D eigenvalue weighted by Crippen LogP contribution is -2.33. The molecule has 3 unspecified atom stereocenters. The minimum Gasteiger partial charge on any atom is -0.367 e. The van der Waals surface area contributed by atoms with Gasteiger partial charge in [-0.3, -0.25) is 4.79 Å². The van der Waals surface area contributed by atoms with E-state index in [4.69, 9.17) is 15.2 Å². The van der Waals surface area contributed by atoms with Crippen LogP contribution < -0.4 is 5.73 Å². The Kier molecular flexibility index (Phi) is 1.22. The van der Waals surface area contributed by atoms with E-state index in [2.05, 4.69) is 0 Å². The van der Waals surface area contributed by atoms with Crippen LogP contribution in [0.2, 0.25) is 0 Å². The Morgan fingerprint density at radius 2 is 1.75 bits per heavy atom. The van der Waals surface area contributed by atoms with Gasteiger partial charge in [0, 0.05) is 0 Å². The summed E-state index contributed by atoms with van der Waals surface area (Å²) < 4.78 is 10.6. The number of hydrogen-bond donors (Lipinski definition) is 1. The smallest absolute Gasteiger partial charge is 0.252 e. The van der Waals surface area contributed by atoms with E-state index >= 15 is 0 Å². The van der Waals surface area contributed by atoms with Crippen LogP contribution in [0.1, 0.15) is 20.8 Å². The maximum absolute atomic E-state index is 10.9. The van der Waals surface area contributed by atoms with Crippen molar-refractivity contribution in [1.82, 2.24) is 0 Å². The molecule has 2 aliphatic rings. The molecule has 0 radical (unpaired) electrons. The number of hydrogen-bond acceptors (Lipinski definition) is 3. The van der Waals surface area contributed by atoms with Gasteiger partial charge in [0.1, 0.15) is 12.2 Å². The van der Waals surface area contributed by atoms with Gasteiger partial charge < -0.3 is 15.2 Å². The fourth-order valence-corrected chi connectivity index (χ4v) is 1.50. The van der Waals surface area contributed by atoms with Crippen molar-refractivity contribution in [2.24, 2.45) is 5.73 Å². The van der Waals surface area contributed by atoms with Crippen LogP contribution in [0.15, 0.2) is 0 Å². The van der Waals surface area contributed by atoms with Crippen molar-refractivity contribution in [3.8, 4) is 0 Å². The maximum atomic E-state index is 10.9. The van der Waals surface area contributed by atoms with Gasteiger partial charge in [0.05, 0.1) is 5.60 Å². The second-order valence-electron chi connectivity index (χ2n) is 4.15. The number of ether oxygens (including phenoxy) is 2. The zero-order valence-corrected chi connectivity index (χ0v) is 7.46. The predicted molar refractivity (Wildman–Crippen MR) is 41.4 cm³/mol. The minimum absolute atomic E-state index is 0.0370. The summed E-state index contributed by atoms with van der Waals surface area (Å²) in [6.45, 7) is 5.65. The highest BCUT2D eigenvalue weighted by Gasteiger charge is 2.70. The van der Waals surface area contributed by atoms with Gasteiger partial charge in [-0.2, -0.15) is 0 Å². The zero-order chi connectivity index (χ0) is 9.15. The van der Waals surface area contributed by atoms with E-state index in [9.17, 15) is 4.79 Å².